The number of anilines is 1. The summed E-state index contributed by atoms with van der Waals surface area (Å²) in [5.74, 6) is -2.00. The zero-order valence-electron chi connectivity index (χ0n) is 12.0. The molecular formula is C16H23F2NO. The number of halogens is 2. The van der Waals surface area contributed by atoms with Crippen molar-refractivity contribution >= 4 is 5.69 Å². The van der Waals surface area contributed by atoms with E-state index >= 15 is 0 Å². The molecule has 0 atom stereocenters. The molecule has 0 spiro atoms. The quantitative estimate of drug-likeness (QED) is 0.793. The fourth-order valence-electron chi connectivity index (χ4n) is 2.83. The van der Waals surface area contributed by atoms with Crippen LogP contribution in [0.1, 0.15) is 51.0 Å². The number of alkyl halides is 2. The van der Waals surface area contributed by atoms with Crippen LogP contribution in [0.25, 0.3) is 0 Å². The first-order valence-corrected chi connectivity index (χ1v) is 7.37. The normalized spacial score (nSPS) is 17.1. The minimum atomic E-state index is -2.93. The number of rotatable bonds is 5. The minimum absolute atomic E-state index is 0.124. The SMILES string of the molecule is CC(F)(F)c1cc(N)ccc1OCCC1CCCCC1. The Kier molecular flexibility index (Phi) is 4.84. The standard InChI is InChI=1S/C16H23F2NO/c1-16(17,18)14-11-13(19)7-8-15(14)20-10-9-12-5-3-2-4-6-12/h7-8,11-12H,2-6,9-10,19H2,1H3. The van der Waals surface area contributed by atoms with Crippen LogP contribution in [0.5, 0.6) is 5.75 Å². The van der Waals surface area contributed by atoms with Gasteiger partial charge in [0.25, 0.3) is 5.92 Å². The first-order valence-electron chi connectivity index (χ1n) is 7.37. The Morgan fingerprint density at radius 1 is 1.25 bits per heavy atom. The highest BCUT2D eigenvalue weighted by atomic mass is 19.3. The summed E-state index contributed by atoms with van der Waals surface area (Å²) in [5, 5.41) is 0. The van der Waals surface area contributed by atoms with Gasteiger partial charge in [-0.15, -0.1) is 0 Å². The van der Waals surface area contributed by atoms with Crippen LogP contribution in [-0.2, 0) is 5.92 Å². The van der Waals surface area contributed by atoms with Crippen LogP contribution in [0.3, 0.4) is 0 Å². The number of nitrogens with two attached hydrogens (primary N) is 1. The third-order valence-corrected chi connectivity index (χ3v) is 3.98. The van der Waals surface area contributed by atoms with Gasteiger partial charge in [0.05, 0.1) is 12.2 Å². The third kappa shape index (κ3) is 4.09. The number of hydrogen-bond donors (Lipinski definition) is 1. The summed E-state index contributed by atoms with van der Waals surface area (Å²) in [6, 6.07) is 4.45. The van der Waals surface area contributed by atoms with Crippen molar-refractivity contribution in [3.8, 4) is 5.75 Å². The van der Waals surface area contributed by atoms with Crippen molar-refractivity contribution in [2.75, 3.05) is 12.3 Å². The lowest BCUT2D eigenvalue weighted by molar-refractivity contribution is 0.0144. The Labute approximate surface area is 119 Å². The van der Waals surface area contributed by atoms with Crippen molar-refractivity contribution in [1.82, 2.24) is 0 Å². The number of ether oxygens (including phenoxy) is 1. The third-order valence-electron chi connectivity index (χ3n) is 3.98. The topological polar surface area (TPSA) is 35.2 Å². The fraction of sp³-hybridized carbons (Fsp3) is 0.625. The Morgan fingerprint density at radius 3 is 2.60 bits per heavy atom. The van der Waals surface area contributed by atoms with Gasteiger partial charge in [-0.2, -0.15) is 0 Å². The highest BCUT2D eigenvalue weighted by Crippen LogP contribution is 2.36. The van der Waals surface area contributed by atoms with Gasteiger partial charge in [-0.3, -0.25) is 0 Å². The number of benzene rings is 1. The molecule has 0 heterocycles. The second-order valence-electron chi connectivity index (χ2n) is 5.79. The molecule has 0 saturated heterocycles. The van der Waals surface area contributed by atoms with Crippen molar-refractivity contribution < 1.29 is 13.5 Å². The van der Waals surface area contributed by atoms with Crippen LogP contribution in [0.15, 0.2) is 18.2 Å². The van der Waals surface area contributed by atoms with Gasteiger partial charge < -0.3 is 10.5 Å². The fourth-order valence-corrected chi connectivity index (χ4v) is 2.83. The second-order valence-corrected chi connectivity index (χ2v) is 5.79. The Bertz CT molecular complexity index is 437. The molecule has 1 aliphatic rings. The molecule has 0 bridgehead atoms. The molecule has 1 fully saturated rings. The molecule has 2 N–H and O–H groups in total. The highest BCUT2D eigenvalue weighted by Gasteiger charge is 2.29. The molecule has 2 nitrogen and oxygen atoms in total. The summed E-state index contributed by atoms with van der Waals surface area (Å²) in [5.41, 5.74) is 5.79. The van der Waals surface area contributed by atoms with E-state index in [1.807, 2.05) is 0 Å². The van der Waals surface area contributed by atoms with Crippen LogP contribution in [0.2, 0.25) is 0 Å². The van der Waals surface area contributed by atoms with E-state index in [1.54, 1.807) is 12.1 Å². The van der Waals surface area contributed by atoms with E-state index in [4.69, 9.17) is 10.5 Å². The van der Waals surface area contributed by atoms with E-state index in [0.717, 1.165) is 13.3 Å². The summed E-state index contributed by atoms with van der Waals surface area (Å²) in [6.07, 6.45) is 7.31. The van der Waals surface area contributed by atoms with E-state index in [-0.39, 0.29) is 11.3 Å². The molecule has 1 aliphatic carbocycles. The molecule has 112 valence electrons. The first kappa shape index (κ1) is 15.1. The maximum Gasteiger partial charge on any atom is 0.274 e. The van der Waals surface area contributed by atoms with Crippen molar-refractivity contribution in [1.29, 1.82) is 0 Å². The Balaban J connectivity index is 1.95. The summed E-state index contributed by atoms with van der Waals surface area (Å²) in [7, 11) is 0. The van der Waals surface area contributed by atoms with Gasteiger partial charge in [0.15, 0.2) is 0 Å². The van der Waals surface area contributed by atoms with Gasteiger partial charge in [0.1, 0.15) is 5.75 Å². The number of nitrogen functional groups attached to an aromatic ring is 1. The van der Waals surface area contributed by atoms with Crippen LogP contribution in [-0.4, -0.2) is 6.61 Å². The lowest BCUT2D eigenvalue weighted by atomic mass is 9.87. The summed E-state index contributed by atoms with van der Waals surface area (Å²) in [4.78, 5) is 0. The first-order chi connectivity index (χ1) is 9.47. The molecule has 1 aromatic carbocycles. The molecule has 0 radical (unpaired) electrons. The predicted octanol–water partition coefficient (Wildman–Crippen LogP) is 4.73. The molecule has 2 rings (SSSR count). The van der Waals surface area contributed by atoms with Gasteiger partial charge in [0, 0.05) is 12.6 Å². The average Bonchev–Trinajstić information content (AvgIpc) is 2.40. The zero-order chi connectivity index (χ0) is 14.6. The average molecular weight is 283 g/mol. The van der Waals surface area contributed by atoms with Gasteiger partial charge in [-0.25, -0.2) is 8.78 Å². The monoisotopic (exact) mass is 283 g/mol. The highest BCUT2D eigenvalue weighted by molar-refractivity contribution is 5.49. The van der Waals surface area contributed by atoms with E-state index in [2.05, 4.69) is 0 Å². The summed E-state index contributed by atoms with van der Waals surface area (Å²) >= 11 is 0. The van der Waals surface area contributed by atoms with E-state index in [1.165, 1.54) is 38.2 Å². The van der Waals surface area contributed by atoms with Crippen molar-refractivity contribution in [3.05, 3.63) is 23.8 Å². The summed E-state index contributed by atoms with van der Waals surface area (Å²) < 4.78 is 32.7. The van der Waals surface area contributed by atoms with Gasteiger partial charge in [-0.05, 0) is 30.5 Å². The lowest BCUT2D eigenvalue weighted by Crippen LogP contribution is -2.14. The molecule has 0 aromatic heterocycles. The van der Waals surface area contributed by atoms with Crippen LogP contribution >= 0.6 is 0 Å². The molecule has 0 aliphatic heterocycles. The van der Waals surface area contributed by atoms with Crippen LogP contribution in [0.4, 0.5) is 14.5 Å². The molecule has 0 amide bonds. The molecule has 4 heteroatoms. The zero-order valence-corrected chi connectivity index (χ0v) is 12.0. The van der Waals surface area contributed by atoms with Gasteiger partial charge >= 0.3 is 0 Å². The Morgan fingerprint density at radius 2 is 1.95 bits per heavy atom. The largest absolute Gasteiger partial charge is 0.493 e. The molecule has 1 saturated carbocycles. The smallest absolute Gasteiger partial charge is 0.274 e. The Hall–Kier alpha value is -1.32. The molecule has 0 unspecified atom stereocenters. The molecule has 20 heavy (non-hydrogen) atoms. The van der Waals surface area contributed by atoms with E-state index in [0.29, 0.717) is 18.2 Å². The maximum atomic E-state index is 13.5. The molecule has 1 aromatic rings. The number of hydrogen-bond acceptors (Lipinski definition) is 2. The van der Waals surface area contributed by atoms with Gasteiger partial charge in [0.2, 0.25) is 0 Å². The van der Waals surface area contributed by atoms with E-state index < -0.39 is 5.92 Å². The lowest BCUT2D eigenvalue weighted by Gasteiger charge is -2.22. The second kappa shape index (κ2) is 6.42. The van der Waals surface area contributed by atoms with Crippen molar-refractivity contribution in [2.45, 2.75) is 51.4 Å². The van der Waals surface area contributed by atoms with Gasteiger partial charge in [-0.1, -0.05) is 32.1 Å². The minimum Gasteiger partial charge on any atom is -0.493 e. The predicted molar refractivity (Wildman–Crippen MR) is 77.1 cm³/mol. The van der Waals surface area contributed by atoms with Crippen LogP contribution < -0.4 is 10.5 Å². The maximum absolute atomic E-state index is 13.5. The summed E-state index contributed by atoms with van der Waals surface area (Å²) in [6.45, 7) is 1.37. The van der Waals surface area contributed by atoms with Crippen molar-refractivity contribution in [2.24, 2.45) is 5.92 Å². The van der Waals surface area contributed by atoms with Crippen molar-refractivity contribution in [3.63, 3.8) is 0 Å². The van der Waals surface area contributed by atoms with E-state index in [9.17, 15) is 8.78 Å². The molecular weight excluding hydrogens is 260 g/mol. The van der Waals surface area contributed by atoms with Crippen LogP contribution in [0, 0.1) is 5.92 Å².